The highest BCUT2D eigenvalue weighted by atomic mass is 16.3. The maximum absolute atomic E-state index is 11.9. The molecule has 2 aliphatic carbocycles. The van der Waals surface area contributed by atoms with E-state index in [2.05, 4.69) is 23.7 Å². The van der Waals surface area contributed by atoms with E-state index in [0.29, 0.717) is 0 Å². The number of Topliss-reactive ketones (excluding diaryl/α,β-unsaturated/α-hetero) is 3. The fourth-order valence-corrected chi connectivity index (χ4v) is 1.82. The van der Waals surface area contributed by atoms with Gasteiger partial charge in [0.1, 0.15) is 5.78 Å². The van der Waals surface area contributed by atoms with E-state index >= 15 is 0 Å². The number of aliphatic hydroxyl groups is 1. The summed E-state index contributed by atoms with van der Waals surface area (Å²) in [7, 11) is 0. The molecule has 2 aliphatic rings. The lowest BCUT2D eigenvalue weighted by molar-refractivity contribution is -0.150. The van der Waals surface area contributed by atoms with E-state index in [1.54, 1.807) is 0 Å². The van der Waals surface area contributed by atoms with Gasteiger partial charge in [-0.05, 0) is 18.1 Å². The number of rotatable bonds is 0. The number of fused-ring (bicyclic) bond motifs is 2. The van der Waals surface area contributed by atoms with E-state index in [9.17, 15) is 19.5 Å². The van der Waals surface area contributed by atoms with Crippen LogP contribution in [0.25, 0.3) is 0 Å². The van der Waals surface area contributed by atoms with Gasteiger partial charge in [-0.1, -0.05) is 17.8 Å². The van der Waals surface area contributed by atoms with Gasteiger partial charge < -0.3 is 5.11 Å². The summed E-state index contributed by atoms with van der Waals surface area (Å²) in [6.45, 7) is 0. The van der Waals surface area contributed by atoms with Crippen molar-refractivity contribution in [3.63, 3.8) is 0 Å². The molecule has 0 spiro atoms. The van der Waals surface area contributed by atoms with Crippen LogP contribution in [0.4, 0.5) is 0 Å². The molecule has 4 nitrogen and oxygen atoms in total. The van der Waals surface area contributed by atoms with E-state index in [4.69, 9.17) is 0 Å². The first kappa shape index (κ1) is 11.3. The molecule has 4 heteroatoms. The summed E-state index contributed by atoms with van der Waals surface area (Å²) in [5.74, 6) is 6.54. The first-order valence-corrected chi connectivity index (χ1v) is 5.04. The molecule has 1 saturated carbocycles. The van der Waals surface area contributed by atoms with E-state index < -0.39 is 23.1 Å². The van der Waals surface area contributed by atoms with Crippen molar-refractivity contribution < 1.29 is 19.5 Å². The molecule has 2 rings (SSSR count). The number of ketones is 3. The zero-order valence-corrected chi connectivity index (χ0v) is 8.82. The van der Waals surface area contributed by atoms with Gasteiger partial charge >= 0.3 is 0 Å². The van der Waals surface area contributed by atoms with Crippen LogP contribution in [0.15, 0.2) is 12.2 Å². The van der Waals surface area contributed by atoms with Crippen molar-refractivity contribution in [3.8, 4) is 23.7 Å². The SMILES string of the molecule is O=C1CC2C(=O)C#CC=CC#C[C@](O)(C1)C2=O. The molecule has 0 aromatic carbocycles. The molecule has 0 amide bonds. The lowest BCUT2D eigenvalue weighted by atomic mass is 9.74. The van der Waals surface area contributed by atoms with Crippen molar-refractivity contribution >= 4 is 17.3 Å². The number of carbonyl (C=O) groups is 3. The summed E-state index contributed by atoms with van der Waals surface area (Å²) < 4.78 is 0. The topological polar surface area (TPSA) is 71.4 Å². The van der Waals surface area contributed by atoms with Crippen molar-refractivity contribution in [1.29, 1.82) is 0 Å². The molecule has 0 radical (unpaired) electrons. The van der Waals surface area contributed by atoms with E-state index in [1.165, 1.54) is 12.2 Å². The zero-order valence-electron chi connectivity index (χ0n) is 8.82. The van der Waals surface area contributed by atoms with Crippen LogP contribution >= 0.6 is 0 Å². The van der Waals surface area contributed by atoms with Gasteiger partial charge in [0.15, 0.2) is 11.4 Å². The summed E-state index contributed by atoms with van der Waals surface area (Å²) in [6, 6.07) is 0. The van der Waals surface area contributed by atoms with Crippen LogP contribution < -0.4 is 0 Å². The number of carbonyl (C=O) groups excluding carboxylic acids is 3. The van der Waals surface area contributed by atoms with Crippen molar-refractivity contribution in [1.82, 2.24) is 0 Å². The van der Waals surface area contributed by atoms with Crippen LogP contribution in [0.2, 0.25) is 0 Å². The fourth-order valence-electron chi connectivity index (χ4n) is 1.82. The third kappa shape index (κ3) is 2.04. The minimum absolute atomic E-state index is 0.194. The van der Waals surface area contributed by atoms with Crippen LogP contribution in [0.5, 0.6) is 0 Å². The third-order valence-electron chi connectivity index (χ3n) is 2.65. The Morgan fingerprint density at radius 3 is 2.71 bits per heavy atom. The largest absolute Gasteiger partial charge is 0.370 e. The molecule has 1 unspecified atom stereocenters. The summed E-state index contributed by atoms with van der Waals surface area (Å²) >= 11 is 0. The van der Waals surface area contributed by atoms with Gasteiger partial charge in [-0.2, -0.15) is 0 Å². The Bertz CT molecular complexity index is 562. The predicted octanol–water partition coefficient (Wildman–Crippen LogP) is -0.589. The molecule has 0 aromatic rings. The molecular formula is C13H8O4. The van der Waals surface area contributed by atoms with Crippen LogP contribution in [0, 0.1) is 29.6 Å². The quantitative estimate of drug-likeness (QED) is 0.342. The summed E-state index contributed by atoms with van der Waals surface area (Å²) in [4.78, 5) is 34.9. The maximum atomic E-state index is 11.9. The Balaban J connectivity index is 2.54. The molecule has 1 N–H and O–H groups in total. The van der Waals surface area contributed by atoms with Crippen LogP contribution in [-0.2, 0) is 14.4 Å². The van der Waals surface area contributed by atoms with Crippen LogP contribution in [0.3, 0.4) is 0 Å². The number of hydrogen-bond acceptors (Lipinski definition) is 4. The smallest absolute Gasteiger partial charge is 0.216 e. The van der Waals surface area contributed by atoms with Crippen molar-refractivity contribution in [2.75, 3.05) is 0 Å². The summed E-state index contributed by atoms with van der Waals surface area (Å²) in [6.07, 6.45) is 2.14. The average Bonchev–Trinajstić information content (AvgIpc) is 2.26. The average molecular weight is 228 g/mol. The second-order valence-corrected chi connectivity index (χ2v) is 3.93. The second kappa shape index (κ2) is 4.01. The molecular weight excluding hydrogens is 220 g/mol. The highest BCUT2D eigenvalue weighted by Crippen LogP contribution is 2.27. The summed E-state index contributed by atoms with van der Waals surface area (Å²) in [5, 5.41) is 10.0. The third-order valence-corrected chi connectivity index (χ3v) is 2.65. The van der Waals surface area contributed by atoms with Gasteiger partial charge in [0.05, 0.1) is 12.3 Å². The Morgan fingerprint density at radius 2 is 1.94 bits per heavy atom. The Hall–Kier alpha value is -2.17. The first-order valence-electron chi connectivity index (χ1n) is 5.04. The van der Waals surface area contributed by atoms with E-state index in [-0.39, 0.29) is 18.6 Å². The van der Waals surface area contributed by atoms with Crippen molar-refractivity contribution in [2.45, 2.75) is 18.4 Å². The predicted molar refractivity (Wildman–Crippen MR) is 57.4 cm³/mol. The van der Waals surface area contributed by atoms with Gasteiger partial charge in [0, 0.05) is 6.42 Å². The Morgan fingerprint density at radius 1 is 1.24 bits per heavy atom. The van der Waals surface area contributed by atoms with Gasteiger partial charge in [-0.15, -0.1) is 0 Å². The molecule has 17 heavy (non-hydrogen) atoms. The number of hydrogen-bond donors (Lipinski definition) is 1. The summed E-state index contributed by atoms with van der Waals surface area (Å²) in [5.41, 5.74) is -2.04. The first-order chi connectivity index (χ1) is 8.03. The van der Waals surface area contributed by atoms with Gasteiger partial charge in [0.25, 0.3) is 0 Å². The Kier molecular flexibility index (Phi) is 2.67. The minimum Gasteiger partial charge on any atom is -0.370 e. The number of allylic oxidation sites excluding steroid dienone is 2. The van der Waals surface area contributed by atoms with Crippen molar-refractivity contribution in [2.24, 2.45) is 5.92 Å². The molecule has 2 atom stereocenters. The molecule has 0 aromatic heterocycles. The molecule has 1 fully saturated rings. The molecule has 0 aliphatic heterocycles. The molecule has 2 bridgehead atoms. The zero-order chi connectivity index (χ0) is 12.5. The molecule has 84 valence electrons. The minimum atomic E-state index is -2.04. The second-order valence-electron chi connectivity index (χ2n) is 3.93. The fraction of sp³-hybridized carbons (Fsp3) is 0.308. The monoisotopic (exact) mass is 228 g/mol. The Labute approximate surface area is 97.7 Å². The van der Waals surface area contributed by atoms with Crippen molar-refractivity contribution in [3.05, 3.63) is 12.2 Å². The molecule has 0 heterocycles. The van der Waals surface area contributed by atoms with Gasteiger partial charge in [-0.3, -0.25) is 14.4 Å². The normalized spacial score (nSPS) is 31.1. The van der Waals surface area contributed by atoms with Crippen LogP contribution in [-0.4, -0.2) is 28.1 Å². The molecule has 0 saturated heterocycles. The highest BCUT2D eigenvalue weighted by molar-refractivity contribution is 6.18. The standard InChI is InChI=1S/C13H8O4/c14-9-7-10-11(15)5-3-1-2-4-6-13(17,8-9)12(10)16/h1-2,10,17H,7-8H2/t10?,13-/m0/s1. The highest BCUT2D eigenvalue weighted by Gasteiger charge is 2.48. The maximum Gasteiger partial charge on any atom is 0.216 e. The van der Waals surface area contributed by atoms with Crippen LogP contribution in [0.1, 0.15) is 12.8 Å². The van der Waals surface area contributed by atoms with Gasteiger partial charge in [-0.25, -0.2) is 0 Å². The van der Waals surface area contributed by atoms with E-state index in [1.807, 2.05) is 0 Å². The van der Waals surface area contributed by atoms with Gasteiger partial charge in [0.2, 0.25) is 5.78 Å². The lowest BCUT2D eigenvalue weighted by Crippen LogP contribution is -2.50. The lowest BCUT2D eigenvalue weighted by Gasteiger charge is -2.28. The van der Waals surface area contributed by atoms with E-state index in [0.717, 1.165) is 0 Å².